The van der Waals surface area contributed by atoms with Crippen molar-refractivity contribution in [2.75, 3.05) is 5.32 Å². The van der Waals surface area contributed by atoms with Crippen molar-refractivity contribution < 1.29 is 14.3 Å². The molecule has 0 saturated carbocycles. The van der Waals surface area contributed by atoms with Crippen LogP contribution in [0.2, 0.25) is 0 Å². The maximum atomic E-state index is 12.0. The molecule has 3 rings (SSSR count). The highest BCUT2D eigenvalue weighted by Gasteiger charge is 2.47. The van der Waals surface area contributed by atoms with Crippen molar-refractivity contribution >= 4 is 11.5 Å². The molecule has 1 atom stereocenters. The van der Waals surface area contributed by atoms with Gasteiger partial charge in [0.15, 0.2) is 5.78 Å². The fraction of sp³-hybridized carbons (Fsp3) is 0.312. The van der Waals surface area contributed by atoms with Gasteiger partial charge in [0.25, 0.3) is 0 Å². The monoisotopic (exact) mass is 271 g/mol. The molecular weight excluding hydrogens is 254 g/mol. The van der Waals surface area contributed by atoms with E-state index in [0.717, 1.165) is 17.0 Å². The number of fused-ring (bicyclic) bond motifs is 1. The highest BCUT2D eigenvalue weighted by molar-refractivity contribution is 5.98. The molecule has 2 aliphatic rings. The predicted molar refractivity (Wildman–Crippen MR) is 76.4 cm³/mol. The number of rotatable bonds is 1. The Bertz CT molecular complexity index is 672. The number of nitrogens with one attached hydrogen (secondary N) is 1. The van der Waals surface area contributed by atoms with Gasteiger partial charge in [-0.3, -0.25) is 4.79 Å². The third kappa shape index (κ3) is 1.72. The molecule has 2 heterocycles. The summed E-state index contributed by atoms with van der Waals surface area (Å²) in [5, 5.41) is 3.33. The molecule has 1 N–H and O–H groups in total. The number of hydrogen-bond donors (Lipinski definition) is 1. The van der Waals surface area contributed by atoms with E-state index in [1.165, 1.54) is 6.92 Å². The normalized spacial score (nSPS) is 23.7. The summed E-state index contributed by atoms with van der Waals surface area (Å²) in [4.78, 5) is 12.0. The molecule has 0 aliphatic carbocycles. The van der Waals surface area contributed by atoms with Crippen molar-refractivity contribution in [3.05, 3.63) is 46.9 Å². The van der Waals surface area contributed by atoms with Gasteiger partial charge in [0.2, 0.25) is 5.72 Å². The molecule has 4 heteroatoms. The number of benzene rings is 1. The number of para-hydroxylation sites is 1. The van der Waals surface area contributed by atoms with Crippen LogP contribution in [0.25, 0.3) is 0 Å². The Labute approximate surface area is 118 Å². The van der Waals surface area contributed by atoms with Crippen LogP contribution in [0, 0.1) is 6.92 Å². The van der Waals surface area contributed by atoms with Crippen molar-refractivity contribution in [1.29, 1.82) is 0 Å². The molecule has 0 saturated heterocycles. The van der Waals surface area contributed by atoms with Gasteiger partial charge >= 0.3 is 0 Å². The van der Waals surface area contributed by atoms with E-state index in [0.29, 0.717) is 17.1 Å². The van der Waals surface area contributed by atoms with Gasteiger partial charge < -0.3 is 14.8 Å². The van der Waals surface area contributed by atoms with Crippen molar-refractivity contribution in [2.45, 2.75) is 33.4 Å². The Morgan fingerprint density at radius 1 is 1.25 bits per heavy atom. The van der Waals surface area contributed by atoms with Crippen LogP contribution in [0.5, 0.6) is 5.75 Å². The molecule has 0 bridgehead atoms. The smallest absolute Gasteiger partial charge is 0.237 e. The van der Waals surface area contributed by atoms with Crippen LogP contribution < -0.4 is 10.1 Å². The van der Waals surface area contributed by atoms with Gasteiger partial charge in [0.1, 0.15) is 22.8 Å². The van der Waals surface area contributed by atoms with Crippen LogP contribution in [-0.4, -0.2) is 11.5 Å². The average molecular weight is 271 g/mol. The van der Waals surface area contributed by atoms with Gasteiger partial charge in [-0.15, -0.1) is 0 Å². The largest absolute Gasteiger partial charge is 0.466 e. The fourth-order valence-corrected chi connectivity index (χ4v) is 2.90. The van der Waals surface area contributed by atoms with Crippen LogP contribution >= 0.6 is 0 Å². The van der Waals surface area contributed by atoms with E-state index in [-0.39, 0.29) is 5.78 Å². The van der Waals surface area contributed by atoms with Crippen molar-refractivity contribution in [3.8, 4) is 5.75 Å². The molecule has 0 amide bonds. The summed E-state index contributed by atoms with van der Waals surface area (Å²) in [6, 6.07) is 5.89. The standard InChI is InChI=1S/C16H17NO3/c1-9-6-5-7-13-15(9)20-16(17-13)8-10(2)19-12(4)14(16)11(3)18/h5-8,17H,1-4H3. The molecule has 104 valence electrons. The number of aryl methyl sites for hydroxylation is 1. The molecule has 2 aliphatic heterocycles. The van der Waals surface area contributed by atoms with Gasteiger partial charge in [-0.1, -0.05) is 12.1 Å². The number of Topliss-reactive ketones (excluding diaryl/α,β-unsaturated/α-hetero) is 1. The Hall–Kier alpha value is -2.23. The molecule has 0 aromatic heterocycles. The first-order valence-corrected chi connectivity index (χ1v) is 6.59. The van der Waals surface area contributed by atoms with Crippen LogP contribution in [0.1, 0.15) is 26.3 Å². The van der Waals surface area contributed by atoms with Crippen LogP contribution in [0.4, 0.5) is 5.69 Å². The number of allylic oxidation sites excluding steroid dienone is 2. The summed E-state index contributed by atoms with van der Waals surface area (Å²) in [6.07, 6.45) is 1.82. The zero-order valence-electron chi connectivity index (χ0n) is 12.0. The summed E-state index contributed by atoms with van der Waals surface area (Å²) < 4.78 is 11.7. The molecule has 0 fully saturated rings. The Morgan fingerprint density at radius 2 is 2.00 bits per heavy atom. The lowest BCUT2D eigenvalue weighted by Crippen LogP contribution is -2.45. The molecule has 1 aromatic rings. The third-order valence-electron chi connectivity index (χ3n) is 3.59. The summed E-state index contributed by atoms with van der Waals surface area (Å²) in [6.45, 7) is 7.15. The fourth-order valence-electron chi connectivity index (χ4n) is 2.90. The number of anilines is 1. The van der Waals surface area contributed by atoms with E-state index < -0.39 is 5.72 Å². The summed E-state index contributed by atoms with van der Waals surface area (Å²) in [7, 11) is 0. The predicted octanol–water partition coefficient (Wildman–Crippen LogP) is 3.29. The molecule has 20 heavy (non-hydrogen) atoms. The molecule has 1 aromatic carbocycles. The SMILES string of the molecule is CC(=O)C1=C(C)OC(C)=CC12Nc1cccc(C)c1O2. The quantitative estimate of drug-likeness (QED) is 0.851. The first-order chi connectivity index (χ1) is 9.43. The number of carbonyl (C=O) groups is 1. The lowest BCUT2D eigenvalue weighted by atomic mass is 9.95. The lowest BCUT2D eigenvalue weighted by molar-refractivity contribution is -0.115. The van der Waals surface area contributed by atoms with E-state index in [1.807, 2.05) is 38.1 Å². The second-order valence-electron chi connectivity index (χ2n) is 5.26. The highest BCUT2D eigenvalue weighted by atomic mass is 16.5. The van der Waals surface area contributed by atoms with Crippen LogP contribution in [0.15, 0.2) is 41.4 Å². The van der Waals surface area contributed by atoms with Gasteiger partial charge in [-0.05, 0) is 39.3 Å². The van der Waals surface area contributed by atoms with E-state index in [9.17, 15) is 4.79 Å². The van der Waals surface area contributed by atoms with E-state index in [1.54, 1.807) is 6.92 Å². The van der Waals surface area contributed by atoms with Gasteiger partial charge in [-0.2, -0.15) is 0 Å². The first-order valence-electron chi connectivity index (χ1n) is 6.59. The van der Waals surface area contributed by atoms with E-state index in [2.05, 4.69) is 5.32 Å². The molecule has 0 radical (unpaired) electrons. The van der Waals surface area contributed by atoms with Crippen molar-refractivity contribution in [2.24, 2.45) is 0 Å². The Balaban J connectivity index is 2.16. The van der Waals surface area contributed by atoms with Crippen LogP contribution in [0.3, 0.4) is 0 Å². The number of ketones is 1. The minimum Gasteiger partial charge on any atom is -0.466 e. The zero-order chi connectivity index (χ0) is 14.5. The zero-order valence-corrected chi connectivity index (χ0v) is 12.0. The molecule has 1 unspecified atom stereocenters. The topological polar surface area (TPSA) is 47.6 Å². The van der Waals surface area contributed by atoms with Crippen LogP contribution in [-0.2, 0) is 9.53 Å². The van der Waals surface area contributed by atoms with Crippen molar-refractivity contribution in [3.63, 3.8) is 0 Å². The minimum atomic E-state index is -0.952. The summed E-state index contributed by atoms with van der Waals surface area (Å²) >= 11 is 0. The third-order valence-corrected chi connectivity index (χ3v) is 3.59. The van der Waals surface area contributed by atoms with Gasteiger partial charge in [-0.25, -0.2) is 0 Å². The maximum absolute atomic E-state index is 12.0. The Morgan fingerprint density at radius 3 is 2.65 bits per heavy atom. The van der Waals surface area contributed by atoms with Crippen molar-refractivity contribution in [1.82, 2.24) is 0 Å². The van der Waals surface area contributed by atoms with E-state index >= 15 is 0 Å². The molecule has 4 nitrogen and oxygen atoms in total. The molecular formula is C16H17NO3. The molecule has 1 spiro atoms. The highest BCUT2D eigenvalue weighted by Crippen LogP contribution is 2.45. The average Bonchev–Trinajstić information content (AvgIpc) is 2.66. The maximum Gasteiger partial charge on any atom is 0.237 e. The first kappa shape index (κ1) is 12.8. The van der Waals surface area contributed by atoms with E-state index in [4.69, 9.17) is 9.47 Å². The minimum absolute atomic E-state index is 0.0655. The van der Waals surface area contributed by atoms with Gasteiger partial charge in [0, 0.05) is 6.08 Å². The second-order valence-corrected chi connectivity index (χ2v) is 5.26. The second kappa shape index (κ2) is 4.13. The summed E-state index contributed by atoms with van der Waals surface area (Å²) in [5.41, 5.74) is 1.48. The Kier molecular flexibility index (Phi) is 2.64. The van der Waals surface area contributed by atoms with Gasteiger partial charge in [0.05, 0.1) is 5.69 Å². The number of carbonyl (C=O) groups excluding carboxylic acids is 1. The lowest BCUT2D eigenvalue weighted by Gasteiger charge is -2.32. The number of hydrogen-bond acceptors (Lipinski definition) is 4. The summed E-state index contributed by atoms with van der Waals surface area (Å²) in [5.74, 6) is 2.01. The number of ether oxygens (including phenoxy) is 2.